The van der Waals surface area contributed by atoms with Crippen LogP contribution >= 0.6 is 0 Å². The highest BCUT2D eigenvalue weighted by Crippen LogP contribution is 2.48. The van der Waals surface area contributed by atoms with Crippen LogP contribution in [-0.4, -0.2) is 45.5 Å². The number of H-pyrrole nitrogens is 1. The van der Waals surface area contributed by atoms with Crippen LogP contribution in [0.1, 0.15) is 55.6 Å². The monoisotopic (exact) mass is 578 g/mol. The number of imidazole rings is 1. The molecule has 7 rings (SSSR count). The number of carbonyl (C=O) groups excluding carboxylic acids is 2. The van der Waals surface area contributed by atoms with Crippen molar-refractivity contribution >= 4 is 34.2 Å². The Morgan fingerprint density at radius 1 is 1.02 bits per heavy atom. The molecule has 2 aromatic heterocycles. The molecule has 0 spiro atoms. The highest BCUT2D eigenvalue weighted by Gasteiger charge is 2.49. The summed E-state index contributed by atoms with van der Waals surface area (Å²) < 4.78 is 1.93. The van der Waals surface area contributed by atoms with E-state index in [1.54, 1.807) is 6.07 Å². The Hall–Kier alpha value is -4.40. The Morgan fingerprint density at radius 3 is 2.77 bits per heavy atom. The number of pyridine rings is 1. The van der Waals surface area contributed by atoms with E-state index in [0.29, 0.717) is 25.4 Å². The molecular formula is C34H38N6O3. The lowest BCUT2D eigenvalue weighted by atomic mass is 9.69. The van der Waals surface area contributed by atoms with Crippen LogP contribution in [0.3, 0.4) is 0 Å². The molecule has 5 heterocycles. The van der Waals surface area contributed by atoms with E-state index in [-0.39, 0.29) is 35.3 Å². The van der Waals surface area contributed by atoms with Gasteiger partial charge in [0.25, 0.3) is 5.56 Å². The summed E-state index contributed by atoms with van der Waals surface area (Å²) in [6, 6.07) is 19.7. The average Bonchev–Trinajstić information content (AvgIpc) is 3.41. The lowest BCUT2D eigenvalue weighted by Crippen LogP contribution is -2.60. The Balaban J connectivity index is 1.07. The summed E-state index contributed by atoms with van der Waals surface area (Å²) in [7, 11) is 0. The Morgan fingerprint density at radius 2 is 1.91 bits per heavy atom. The Labute approximate surface area is 250 Å². The first-order valence-corrected chi connectivity index (χ1v) is 15.5. The van der Waals surface area contributed by atoms with Crippen molar-refractivity contribution in [1.82, 2.24) is 19.9 Å². The summed E-state index contributed by atoms with van der Waals surface area (Å²) in [4.78, 5) is 49.0. The van der Waals surface area contributed by atoms with Gasteiger partial charge in [0.1, 0.15) is 5.82 Å². The molecular weight excluding hydrogens is 540 g/mol. The number of rotatable bonds is 8. The first kappa shape index (κ1) is 27.4. The lowest BCUT2D eigenvalue weighted by Gasteiger charge is -2.54. The van der Waals surface area contributed by atoms with Crippen LogP contribution < -0.4 is 21.1 Å². The average molecular weight is 579 g/mol. The number of piperidine rings is 1. The molecule has 1 fully saturated rings. The number of nitrogens with zero attached hydrogens (tertiary/aromatic N) is 3. The van der Waals surface area contributed by atoms with E-state index < -0.39 is 0 Å². The number of aromatic amines is 1. The Kier molecular flexibility index (Phi) is 7.24. The molecule has 4 atom stereocenters. The van der Waals surface area contributed by atoms with Crippen molar-refractivity contribution in [1.29, 1.82) is 0 Å². The molecule has 2 aromatic carbocycles. The molecule has 222 valence electrons. The molecule has 4 unspecified atom stereocenters. The van der Waals surface area contributed by atoms with Gasteiger partial charge in [-0.25, -0.2) is 4.98 Å². The summed E-state index contributed by atoms with van der Waals surface area (Å²) in [5.74, 6) is 1.14. The van der Waals surface area contributed by atoms with Crippen LogP contribution in [0.25, 0.3) is 11.0 Å². The molecule has 0 aliphatic carbocycles. The third-order valence-electron chi connectivity index (χ3n) is 9.44. The summed E-state index contributed by atoms with van der Waals surface area (Å²) in [5.41, 5.74) is 6.12. The number of hydrogen-bond donors (Lipinski definition) is 3. The van der Waals surface area contributed by atoms with Crippen molar-refractivity contribution in [2.45, 2.75) is 64.0 Å². The predicted molar refractivity (Wildman–Crippen MR) is 167 cm³/mol. The quantitative estimate of drug-likeness (QED) is 0.269. The van der Waals surface area contributed by atoms with Crippen LogP contribution in [0.4, 0.5) is 11.4 Å². The summed E-state index contributed by atoms with van der Waals surface area (Å²) >= 11 is 0. The molecule has 3 aliphatic heterocycles. The van der Waals surface area contributed by atoms with Gasteiger partial charge in [-0.05, 0) is 73.6 Å². The van der Waals surface area contributed by atoms with Gasteiger partial charge in [0, 0.05) is 68.1 Å². The molecule has 1 saturated heterocycles. The van der Waals surface area contributed by atoms with Gasteiger partial charge in [-0.2, -0.15) is 0 Å². The van der Waals surface area contributed by atoms with Gasteiger partial charge in [-0.3, -0.25) is 14.4 Å². The Bertz CT molecular complexity index is 1710. The normalized spacial score (nSPS) is 21.9. The molecule has 4 aromatic rings. The molecule has 0 radical (unpaired) electrons. The molecule has 3 N–H and O–H groups in total. The van der Waals surface area contributed by atoms with E-state index >= 15 is 0 Å². The van der Waals surface area contributed by atoms with Gasteiger partial charge in [-0.15, -0.1) is 0 Å². The summed E-state index contributed by atoms with van der Waals surface area (Å²) in [6.45, 7) is 3.65. The molecule has 9 nitrogen and oxygen atoms in total. The lowest BCUT2D eigenvalue weighted by molar-refractivity contribution is -0.126. The minimum Gasteiger partial charge on any atom is -0.366 e. The maximum absolute atomic E-state index is 13.9. The number of nitrogens with one attached hydrogen (secondary N) is 3. The van der Waals surface area contributed by atoms with Crippen LogP contribution in [0.15, 0.2) is 65.5 Å². The number of para-hydroxylation sites is 2. The fourth-order valence-corrected chi connectivity index (χ4v) is 7.66. The number of unbranched alkanes of at least 4 members (excludes halogenated alkanes) is 2. The number of aromatic nitrogens is 3. The third kappa shape index (κ3) is 5.32. The number of benzene rings is 2. The second-order valence-electron chi connectivity index (χ2n) is 12.4. The van der Waals surface area contributed by atoms with Crippen LogP contribution in [0.5, 0.6) is 0 Å². The highest BCUT2D eigenvalue weighted by molar-refractivity contribution is 5.89. The number of carbonyl (C=O) groups is 2. The summed E-state index contributed by atoms with van der Waals surface area (Å²) in [6.07, 6.45) is 5.37. The zero-order chi connectivity index (χ0) is 29.5. The van der Waals surface area contributed by atoms with Crippen LogP contribution in [0.2, 0.25) is 0 Å². The van der Waals surface area contributed by atoms with E-state index in [4.69, 9.17) is 0 Å². The van der Waals surface area contributed by atoms with E-state index in [9.17, 15) is 14.4 Å². The molecule has 43 heavy (non-hydrogen) atoms. The van der Waals surface area contributed by atoms with Crippen molar-refractivity contribution < 1.29 is 9.59 Å². The van der Waals surface area contributed by atoms with E-state index in [1.165, 1.54) is 6.92 Å². The fourth-order valence-electron chi connectivity index (χ4n) is 7.66. The van der Waals surface area contributed by atoms with Gasteiger partial charge < -0.3 is 25.1 Å². The van der Waals surface area contributed by atoms with Gasteiger partial charge >= 0.3 is 0 Å². The number of fused-ring (bicyclic) bond motifs is 9. The van der Waals surface area contributed by atoms with E-state index in [0.717, 1.165) is 78.1 Å². The topological polar surface area (TPSA) is 112 Å². The number of amides is 2. The highest BCUT2D eigenvalue weighted by atomic mass is 16.2. The first-order chi connectivity index (χ1) is 20.9. The number of anilines is 2. The van der Waals surface area contributed by atoms with Gasteiger partial charge in [-0.1, -0.05) is 24.6 Å². The maximum atomic E-state index is 13.9. The van der Waals surface area contributed by atoms with Gasteiger partial charge in [0.2, 0.25) is 11.8 Å². The molecule has 9 heteroatoms. The molecule has 2 bridgehead atoms. The second kappa shape index (κ2) is 11.4. The minimum absolute atomic E-state index is 0.0307. The SMILES string of the molecule is CC(=O)Nc1ccc2c(c1)CC(C(=O)NCCCCCc1nc3ccccc3[nH]1)C1C3CC(CN21)Cn1c3cccc1=O. The standard InChI is InChI=1S/C34H38N6O3/c1-21(41)36-24-13-14-29-23(17-24)18-26(33-25-16-22(20-40(29)33)19-39-30(25)10-7-12-32(39)42)34(43)35-15-6-2-3-11-31-37-27-8-4-5-9-28(27)38-31/h4-5,7-10,12-14,17,22,25-26,33H,2-3,6,11,15-16,18-20H2,1H3,(H,35,43)(H,36,41)(H,37,38). The fraction of sp³-hybridized carbons (Fsp3) is 0.412. The third-order valence-corrected chi connectivity index (χ3v) is 9.44. The van der Waals surface area contributed by atoms with Crippen molar-refractivity contribution in [2.24, 2.45) is 11.8 Å². The zero-order valence-electron chi connectivity index (χ0n) is 24.5. The van der Waals surface area contributed by atoms with Crippen LogP contribution in [0, 0.1) is 11.8 Å². The van der Waals surface area contributed by atoms with Crippen molar-refractivity contribution in [3.8, 4) is 0 Å². The molecule has 0 saturated carbocycles. The van der Waals surface area contributed by atoms with E-state index in [1.807, 2.05) is 47.0 Å². The van der Waals surface area contributed by atoms with Crippen LogP contribution in [-0.2, 0) is 29.0 Å². The van der Waals surface area contributed by atoms with Crippen molar-refractivity contribution in [3.05, 3.63) is 88.1 Å². The van der Waals surface area contributed by atoms with E-state index in [2.05, 4.69) is 37.6 Å². The van der Waals surface area contributed by atoms with Crippen molar-refractivity contribution in [3.63, 3.8) is 0 Å². The van der Waals surface area contributed by atoms with Gasteiger partial charge in [0.15, 0.2) is 0 Å². The number of aryl methyl sites for hydroxylation is 1. The smallest absolute Gasteiger partial charge is 0.250 e. The minimum atomic E-state index is -0.261. The molecule has 3 aliphatic rings. The molecule has 2 amide bonds. The van der Waals surface area contributed by atoms with Crippen molar-refractivity contribution in [2.75, 3.05) is 23.3 Å². The first-order valence-electron chi connectivity index (χ1n) is 15.5. The second-order valence-corrected chi connectivity index (χ2v) is 12.4. The number of hydrogen-bond acceptors (Lipinski definition) is 5. The zero-order valence-corrected chi connectivity index (χ0v) is 24.5. The maximum Gasteiger partial charge on any atom is 0.250 e. The summed E-state index contributed by atoms with van der Waals surface area (Å²) in [5, 5.41) is 6.17. The van der Waals surface area contributed by atoms with Gasteiger partial charge in [0.05, 0.1) is 17.0 Å². The largest absolute Gasteiger partial charge is 0.366 e. The predicted octanol–water partition coefficient (Wildman–Crippen LogP) is 4.38.